The van der Waals surface area contributed by atoms with E-state index in [0.29, 0.717) is 11.4 Å². The van der Waals surface area contributed by atoms with Gasteiger partial charge in [0.05, 0.1) is 5.71 Å². The van der Waals surface area contributed by atoms with Gasteiger partial charge in [0.15, 0.2) is 0 Å². The van der Waals surface area contributed by atoms with Crippen LogP contribution in [0.15, 0.2) is 40.2 Å². The summed E-state index contributed by atoms with van der Waals surface area (Å²) in [5, 5.41) is 4.09. The number of hydrazone groups is 1. The van der Waals surface area contributed by atoms with Gasteiger partial charge in [-0.05, 0) is 31.5 Å². The van der Waals surface area contributed by atoms with Gasteiger partial charge in [-0.25, -0.2) is 14.8 Å². The van der Waals surface area contributed by atoms with E-state index in [0.717, 1.165) is 5.56 Å². The van der Waals surface area contributed by atoms with Crippen molar-refractivity contribution >= 4 is 11.7 Å². The van der Waals surface area contributed by atoms with Gasteiger partial charge in [0.1, 0.15) is 5.82 Å². The van der Waals surface area contributed by atoms with Gasteiger partial charge in [0.2, 0.25) is 5.95 Å². The highest BCUT2D eigenvalue weighted by Crippen LogP contribution is 2.05. The highest BCUT2D eigenvalue weighted by Gasteiger charge is 1.99. The number of halogens is 1. The molecule has 0 bridgehead atoms. The summed E-state index contributed by atoms with van der Waals surface area (Å²) in [6, 6.07) is 7.37. The molecule has 1 aromatic carbocycles. The van der Waals surface area contributed by atoms with Crippen molar-refractivity contribution in [1.29, 1.82) is 0 Å². The van der Waals surface area contributed by atoms with Crippen LogP contribution in [-0.2, 0) is 0 Å². The molecule has 6 heteroatoms. The van der Waals surface area contributed by atoms with Gasteiger partial charge in [-0.15, -0.1) is 0 Å². The SMILES string of the molecule is C/C(=N/Nc1nc(C)cc(=O)[nH]1)c1ccc(F)cc1. The van der Waals surface area contributed by atoms with Crippen molar-refractivity contribution in [3.63, 3.8) is 0 Å². The Labute approximate surface area is 109 Å². The zero-order chi connectivity index (χ0) is 13.8. The molecule has 0 amide bonds. The Bertz CT molecular complexity index is 661. The van der Waals surface area contributed by atoms with Gasteiger partial charge in [-0.2, -0.15) is 5.10 Å². The standard InChI is InChI=1S/C13H13FN4O/c1-8-7-12(19)16-13(15-8)18-17-9(2)10-3-5-11(14)6-4-10/h3-7H,1-2H3,(H2,15,16,18,19)/b17-9-. The molecule has 0 unspecified atom stereocenters. The molecule has 2 rings (SSSR count). The first-order chi connectivity index (χ1) is 9.04. The maximum atomic E-state index is 12.8. The van der Waals surface area contributed by atoms with Crippen molar-refractivity contribution in [2.24, 2.45) is 5.10 Å². The molecule has 1 heterocycles. The third-order valence-electron chi connectivity index (χ3n) is 2.46. The average molecular weight is 260 g/mol. The second-order valence-corrected chi connectivity index (χ2v) is 4.05. The van der Waals surface area contributed by atoms with Crippen LogP contribution in [0, 0.1) is 12.7 Å². The molecule has 5 nitrogen and oxygen atoms in total. The maximum Gasteiger partial charge on any atom is 0.252 e. The van der Waals surface area contributed by atoms with E-state index in [4.69, 9.17) is 0 Å². The van der Waals surface area contributed by atoms with Crippen LogP contribution in [0.2, 0.25) is 0 Å². The lowest BCUT2D eigenvalue weighted by Crippen LogP contribution is -2.11. The van der Waals surface area contributed by atoms with Crippen LogP contribution in [0.25, 0.3) is 0 Å². The van der Waals surface area contributed by atoms with Crippen LogP contribution in [0.3, 0.4) is 0 Å². The second kappa shape index (κ2) is 5.43. The van der Waals surface area contributed by atoms with Crippen LogP contribution in [-0.4, -0.2) is 15.7 Å². The predicted octanol–water partition coefficient (Wildman–Crippen LogP) is 2.05. The van der Waals surface area contributed by atoms with E-state index in [1.54, 1.807) is 26.0 Å². The van der Waals surface area contributed by atoms with Crippen LogP contribution in [0.4, 0.5) is 10.3 Å². The average Bonchev–Trinajstić information content (AvgIpc) is 2.36. The number of rotatable bonds is 3. The summed E-state index contributed by atoms with van der Waals surface area (Å²) in [5.41, 5.74) is 4.46. The van der Waals surface area contributed by atoms with Gasteiger partial charge in [-0.1, -0.05) is 12.1 Å². The largest absolute Gasteiger partial charge is 0.291 e. The number of anilines is 1. The normalized spacial score (nSPS) is 11.4. The van der Waals surface area contributed by atoms with Crippen LogP contribution >= 0.6 is 0 Å². The van der Waals surface area contributed by atoms with Crippen molar-refractivity contribution in [1.82, 2.24) is 9.97 Å². The molecule has 2 aromatic rings. The minimum atomic E-state index is -0.297. The minimum absolute atomic E-state index is 0.246. The van der Waals surface area contributed by atoms with Crippen LogP contribution in [0.1, 0.15) is 18.2 Å². The summed E-state index contributed by atoms with van der Waals surface area (Å²) in [4.78, 5) is 17.8. The van der Waals surface area contributed by atoms with E-state index >= 15 is 0 Å². The highest BCUT2D eigenvalue weighted by molar-refractivity contribution is 5.98. The number of nitrogens with zero attached hydrogens (tertiary/aromatic N) is 2. The van der Waals surface area contributed by atoms with E-state index in [1.165, 1.54) is 18.2 Å². The molecule has 0 saturated heterocycles. The molecule has 0 aliphatic carbocycles. The number of benzene rings is 1. The van der Waals surface area contributed by atoms with E-state index in [1.807, 2.05) is 0 Å². The first kappa shape index (κ1) is 12.9. The summed E-state index contributed by atoms with van der Waals surface area (Å²) in [6.07, 6.45) is 0. The number of hydrogen-bond donors (Lipinski definition) is 2. The molecule has 0 radical (unpaired) electrons. The Morgan fingerprint density at radius 1 is 1.37 bits per heavy atom. The van der Waals surface area contributed by atoms with Crippen LogP contribution < -0.4 is 11.0 Å². The summed E-state index contributed by atoms with van der Waals surface area (Å²) in [6.45, 7) is 3.49. The summed E-state index contributed by atoms with van der Waals surface area (Å²) >= 11 is 0. The summed E-state index contributed by atoms with van der Waals surface area (Å²) in [5.74, 6) is -0.0272. The van der Waals surface area contributed by atoms with Crippen molar-refractivity contribution < 1.29 is 4.39 Å². The summed E-state index contributed by atoms with van der Waals surface area (Å²) in [7, 11) is 0. The quantitative estimate of drug-likeness (QED) is 0.655. The Kier molecular flexibility index (Phi) is 3.70. The number of aromatic nitrogens is 2. The molecule has 0 saturated carbocycles. The number of hydrogen-bond acceptors (Lipinski definition) is 4. The zero-order valence-corrected chi connectivity index (χ0v) is 10.6. The fourth-order valence-corrected chi connectivity index (χ4v) is 1.52. The fourth-order valence-electron chi connectivity index (χ4n) is 1.52. The third kappa shape index (κ3) is 3.48. The Morgan fingerprint density at radius 2 is 2.05 bits per heavy atom. The predicted molar refractivity (Wildman–Crippen MR) is 71.8 cm³/mol. The highest BCUT2D eigenvalue weighted by atomic mass is 19.1. The molecule has 98 valence electrons. The number of aryl methyl sites for hydroxylation is 1. The minimum Gasteiger partial charge on any atom is -0.291 e. The molecule has 0 aliphatic rings. The topological polar surface area (TPSA) is 70.1 Å². The number of H-pyrrole nitrogens is 1. The lowest BCUT2D eigenvalue weighted by atomic mass is 10.1. The zero-order valence-electron chi connectivity index (χ0n) is 10.6. The molecule has 19 heavy (non-hydrogen) atoms. The number of nitrogens with one attached hydrogen (secondary N) is 2. The molecule has 1 aromatic heterocycles. The summed E-state index contributed by atoms with van der Waals surface area (Å²) < 4.78 is 12.8. The van der Waals surface area contributed by atoms with Crippen LogP contribution in [0.5, 0.6) is 0 Å². The van der Waals surface area contributed by atoms with Crippen molar-refractivity contribution in [2.45, 2.75) is 13.8 Å². The Hall–Kier alpha value is -2.50. The van der Waals surface area contributed by atoms with E-state index in [-0.39, 0.29) is 17.3 Å². The van der Waals surface area contributed by atoms with Crippen molar-refractivity contribution in [3.05, 3.63) is 57.8 Å². The van der Waals surface area contributed by atoms with Gasteiger partial charge in [0.25, 0.3) is 5.56 Å². The van der Waals surface area contributed by atoms with E-state index in [2.05, 4.69) is 20.5 Å². The lowest BCUT2D eigenvalue weighted by molar-refractivity contribution is 0.628. The molecular formula is C13H13FN4O. The van der Waals surface area contributed by atoms with Gasteiger partial charge in [-0.3, -0.25) is 9.78 Å². The maximum absolute atomic E-state index is 12.8. The second-order valence-electron chi connectivity index (χ2n) is 4.05. The molecule has 0 aliphatic heterocycles. The Balaban J connectivity index is 2.17. The third-order valence-corrected chi connectivity index (χ3v) is 2.46. The van der Waals surface area contributed by atoms with Gasteiger partial charge in [0, 0.05) is 11.8 Å². The monoisotopic (exact) mass is 260 g/mol. The number of aromatic amines is 1. The molecule has 0 fully saturated rings. The lowest BCUT2D eigenvalue weighted by Gasteiger charge is -2.03. The smallest absolute Gasteiger partial charge is 0.252 e. The van der Waals surface area contributed by atoms with E-state index < -0.39 is 0 Å². The molecule has 0 spiro atoms. The molecular weight excluding hydrogens is 247 g/mol. The molecule has 2 N–H and O–H groups in total. The molecule has 0 atom stereocenters. The van der Waals surface area contributed by atoms with E-state index in [9.17, 15) is 9.18 Å². The Morgan fingerprint density at radius 3 is 2.68 bits per heavy atom. The first-order valence-corrected chi connectivity index (χ1v) is 5.69. The van der Waals surface area contributed by atoms with Crippen molar-refractivity contribution in [3.8, 4) is 0 Å². The van der Waals surface area contributed by atoms with Gasteiger partial charge >= 0.3 is 0 Å². The fraction of sp³-hybridized carbons (Fsp3) is 0.154. The first-order valence-electron chi connectivity index (χ1n) is 5.69. The van der Waals surface area contributed by atoms with Crippen molar-refractivity contribution in [2.75, 3.05) is 5.43 Å². The van der Waals surface area contributed by atoms with Gasteiger partial charge < -0.3 is 0 Å².